The average Bonchev–Trinajstić information content (AvgIpc) is 3.15. The van der Waals surface area contributed by atoms with E-state index in [9.17, 15) is 17.8 Å². The number of carbonyl (C=O) groups is 1. The number of halogens is 1. The van der Waals surface area contributed by atoms with Crippen LogP contribution in [-0.2, 0) is 28.9 Å². The summed E-state index contributed by atoms with van der Waals surface area (Å²) in [6, 6.07) is 12.0. The molecule has 2 aliphatic rings. The van der Waals surface area contributed by atoms with E-state index in [2.05, 4.69) is 49.1 Å². The van der Waals surface area contributed by atoms with Gasteiger partial charge in [-0.05, 0) is 53.6 Å². The molecule has 4 aromatic rings. The largest absolute Gasteiger partial charge is 0.338 e. The van der Waals surface area contributed by atoms with E-state index in [1.807, 2.05) is 4.90 Å². The van der Waals surface area contributed by atoms with Crippen molar-refractivity contribution in [2.24, 2.45) is 10.8 Å². The molecule has 0 amide bonds. The number of ketones is 1. The number of rotatable bonds is 14. The number of allylic oxidation sites excluding steroid dienone is 1. The van der Waals surface area contributed by atoms with Gasteiger partial charge < -0.3 is 15.5 Å². The lowest BCUT2D eigenvalue weighted by atomic mass is 9.94. The predicted octanol–water partition coefficient (Wildman–Crippen LogP) is 4.28. The number of nitrogens with zero attached hydrogens (tertiary/aromatic N) is 7. The zero-order valence-electron chi connectivity index (χ0n) is 27.4. The van der Waals surface area contributed by atoms with Gasteiger partial charge in [0.2, 0.25) is 23.0 Å². The molecule has 19 nitrogen and oxygen atoms in total. The average molecular weight is 808 g/mol. The number of carbonyl (C=O) groups excluding carboxylic acids is 1. The maximum absolute atomic E-state index is 13.9. The van der Waals surface area contributed by atoms with Crippen molar-refractivity contribution in [3.8, 4) is 0 Å². The predicted molar refractivity (Wildman–Crippen MR) is 197 cm³/mol. The molecule has 3 aromatic carbocycles. The topological polar surface area (TPSA) is 248 Å². The Balaban J connectivity index is 1.30. The van der Waals surface area contributed by atoms with Crippen molar-refractivity contribution < 1.29 is 47.0 Å². The molecule has 53 heavy (non-hydrogen) atoms. The number of Topliss-reactive ketones (excluding diaryl/α,β-unsaturated/α-hetero) is 1. The summed E-state index contributed by atoms with van der Waals surface area (Å²) in [7, 11) is -2.86. The van der Waals surface area contributed by atoms with Crippen LogP contribution in [0.15, 0.2) is 68.3 Å². The first kappa shape index (κ1) is 38.7. The van der Waals surface area contributed by atoms with Gasteiger partial charge >= 0.3 is 0 Å². The van der Waals surface area contributed by atoms with E-state index in [1.54, 1.807) is 36.2 Å². The van der Waals surface area contributed by atoms with Crippen molar-refractivity contribution in [3.63, 3.8) is 0 Å². The maximum Gasteiger partial charge on any atom is 0.295 e. The van der Waals surface area contributed by atoms with Crippen molar-refractivity contribution >= 4 is 97.4 Å². The summed E-state index contributed by atoms with van der Waals surface area (Å²) in [6.45, 7) is 4.37. The first-order valence-electron chi connectivity index (χ1n) is 15.4. The summed E-state index contributed by atoms with van der Waals surface area (Å²) < 4.78 is 43.0. The summed E-state index contributed by atoms with van der Waals surface area (Å²) in [5, 5.41) is 30.0. The highest BCUT2D eigenvalue weighted by Crippen LogP contribution is 2.39. The first-order valence-corrected chi connectivity index (χ1v) is 18.7. The number of benzene rings is 3. The highest BCUT2D eigenvalue weighted by molar-refractivity contribution is 7.99. The smallest absolute Gasteiger partial charge is 0.295 e. The molecule has 0 unspecified atom stereocenters. The van der Waals surface area contributed by atoms with E-state index in [0.717, 1.165) is 19.6 Å². The second-order valence-electron chi connectivity index (χ2n) is 11.3. The Labute approximate surface area is 315 Å². The molecule has 0 radical (unpaired) electrons. The Morgan fingerprint density at radius 3 is 2.49 bits per heavy atom. The molecule has 280 valence electrons. The van der Waals surface area contributed by atoms with Crippen molar-refractivity contribution in [3.05, 3.63) is 69.8 Å². The van der Waals surface area contributed by atoms with Crippen LogP contribution >= 0.6 is 35.7 Å². The van der Waals surface area contributed by atoms with Crippen molar-refractivity contribution in [1.82, 2.24) is 19.9 Å². The molecule has 23 heteroatoms. The number of hydrogen-bond acceptors (Lipinski definition) is 20. The van der Waals surface area contributed by atoms with E-state index >= 15 is 0 Å². The van der Waals surface area contributed by atoms with E-state index in [0.29, 0.717) is 60.9 Å². The number of nitrogens with one attached hydrogen (secondary N) is 1. The fourth-order valence-corrected chi connectivity index (χ4v) is 7.64. The van der Waals surface area contributed by atoms with Crippen LogP contribution in [0.2, 0.25) is 5.28 Å². The molecule has 1 fully saturated rings. The van der Waals surface area contributed by atoms with Crippen LogP contribution in [0.5, 0.6) is 0 Å². The van der Waals surface area contributed by atoms with Crippen LogP contribution in [0.1, 0.15) is 15.9 Å². The first-order chi connectivity index (χ1) is 25.5. The van der Waals surface area contributed by atoms with Gasteiger partial charge in [-0.25, -0.2) is 10.5 Å². The summed E-state index contributed by atoms with van der Waals surface area (Å²) in [5.74, 6) is 0.172. The summed E-state index contributed by atoms with van der Waals surface area (Å²) in [5.41, 5.74) is 9.83. The highest BCUT2D eigenvalue weighted by Gasteiger charge is 2.29. The number of hydrazone groups is 1. The molecule has 0 saturated carbocycles. The minimum Gasteiger partial charge on any atom is -0.338 e. The number of piperazine rings is 1. The Kier molecular flexibility index (Phi) is 12.4. The molecular weight excluding hydrogens is 778 g/mol. The Morgan fingerprint density at radius 2 is 1.77 bits per heavy atom. The van der Waals surface area contributed by atoms with Crippen molar-refractivity contribution in [2.45, 2.75) is 9.79 Å². The number of fused-ring (bicyclic) bond motifs is 2. The fourth-order valence-electron chi connectivity index (χ4n) is 5.72. The minimum atomic E-state index is -4.60. The van der Waals surface area contributed by atoms with E-state index in [1.165, 1.54) is 30.3 Å². The molecule has 1 aliphatic heterocycles. The third kappa shape index (κ3) is 8.70. The van der Waals surface area contributed by atoms with Gasteiger partial charge in [-0.15, -0.1) is 8.67 Å². The third-order valence-corrected chi connectivity index (χ3v) is 10.7. The quantitative estimate of drug-likeness (QED) is 0.0516. The Morgan fingerprint density at radius 1 is 1.02 bits per heavy atom. The lowest BCUT2D eigenvalue weighted by Gasteiger charge is -2.34. The molecule has 6 N–H and O–H groups in total. The van der Waals surface area contributed by atoms with Crippen LogP contribution in [-0.4, -0.2) is 101 Å². The van der Waals surface area contributed by atoms with Gasteiger partial charge in [0, 0.05) is 68.3 Å². The molecule has 1 aliphatic carbocycles. The highest BCUT2D eigenvalue weighted by atomic mass is 35.5. The molecule has 0 spiro atoms. The molecule has 1 aromatic heterocycles. The van der Waals surface area contributed by atoms with Crippen molar-refractivity contribution in [1.29, 1.82) is 0 Å². The fraction of sp³-hybridized carbons (Fsp3) is 0.233. The number of nitrogens with two attached hydrogens (primary N) is 1. The van der Waals surface area contributed by atoms with Crippen LogP contribution in [0, 0.1) is 0 Å². The summed E-state index contributed by atoms with van der Waals surface area (Å²) in [6.07, 6.45) is 1.59. The molecule has 0 bridgehead atoms. The normalized spacial score (nSPS) is 15.9. The van der Waals surface area contributed by atoms with Gasteiger partial charge in [-0.2, -0.15) is 28.5 Å². The third-order valence-electron chi connectivity index (χ3n) is 8.23. The lowest BCUT2D eigenvalue weighted by Crippen LogP contribution is -2.48. The maximum atomic E-state index is 13.9. The van der Waals surface area contributed by atoms with Gasteiger partial charge in [-0.1, -0.05) is 28.3 Å². The van der Waals surface area contributed by atoms with Gasteiger partial charge in [-0.3, -0.25) is 19.7 Å². The Hall–Kier alpha value is -4.01. The second-order valence-corrected chi connectivity index (χ2v) is 14.5. The van der Waals surface area contributed by atoms with E-state index < -0.39 is 15.9 Å². The van der Waals surface area contributed by atoms with E-state index in [4.69, 9.17) is 27.8 Å². The van der Waals surface area contributed by atoms with Gasteiger partial charge in [0.25, 0.3) is 10.1 Å². The number of hydrogen-bond donors (Lipinski definition) is 5. The molecular formula is C30H30ClN9O10S3. The van der Waals surface area contributed by atoms with Gasteiger partial charge in [0.15, 0.2) is 0 Å². The number of aromatic nitrogens is 3. The lowest BCUT2D eigenvalue weighted by molar-refractivity contribution is -0.432. The van der Waals surface area contributed by atoms with Crippen LogP contribution in [0.4, 0.5) is 23.3 Å². The monoisotopic (exact) mass is 807 g/mol. The minimum absolute atomic E-state index is 0.0183. The number of anilines is 4. The molecule has 1 saturated heterocycles. The van der Waals surface area contributed by atoms with Gasteiger partial charge in [0.1, 0.15) is 10.6 Å². The second kappa shape index (κ2) is 17.0. The molecule has 0 atom stereocenters. The standard InChI is InChI=1S/C30H30ClN9O10S3/c1-38(29-33-28(31)34-30(35-29)40-13-11-39(10-9-32)12-14-40)18-5-6-19-17(15-18)16-23(51-49-47-42)25(26(19)41)37-36-22-8-7-20-21(27(22)52-50-48-43)3-2-4-24(20)53(44,45)46/h2-8,15-16,36,42-43H,9-14,32H2,1H3,(H,44,45,46)/b37-25+. The molecule has 6 rings (SSSR count). The van der Waals surface area contributed by atoms with Crippen LogP contribution < -0.4 is 21.0 Å². The summed E-state index contributed by atoms with van der Waals surface area (Å²) in [4.78, 5) is 33.1. The van der Waals surface area contributed by atoms with E-state index in [-0.39, 0.29) is 53.7 Å². The zero-order valence-corrected chi connectivity index (χ0v) is 30.7. The zero-order chi connectivity index (χ0) is 37.7. The summed E-state index contributed by atoms with van der Waals surface area (Å²) >= 11 is 7.34. The Bertz CT molecular complexity index is 2190. The molecule has 2 heterocycles. The van der Waals surface area contributed by atoms with Crippen LogP contribution in [0.25, 0.3) is 16.8 Å². The SMILES string of the molecule is CN(c1ccc2c(c1)C=C(SOOO)/C(=N\Nc1ccc3c(S(=O)(=O)O)cccc3c1SOOO)C2=O)c1nc(Cl)nc(N2CCN(CCN)CC2)n1. The van der Waals surface area contributed by atoms with Crippen LogP contribution in [0.3, 0.4) is 0 Å². The van der Waals surface area contributed by atoms with Crippen molar-refractivity contribution in [2.75, 3.05) is 61.5 Å². The van der Waals surface area contributed by atoms with Gasteiger partial charge in [0.05, 0.1) is 39.6 Å².